The average molecular weight is 585 g/mol. The van der Waals surface area contributed by atoms with Gasteiger partial charge in [0.25, 0.3) is 0 Å². The first-order valence-electron chi connectivity index (χ1n) is 14.9. The Morgan fingerprint density at radius 1 is 1.02 bits per heavy atom. The minimum atomic E-state index is -1.67. The Balaban J connectivity index is 1.28. The molecule has 0 aromatic rings. The molecule has 0 spiro atoms. The van der Waals surface area contributed by atoms with E-state index in [1.807, 2.05) is 6.92 Å². The SMILES string of the molecule is C[C@@H]1O[C@@H](O[C@H]2C[C@@H](O)[C@]3(CO)[C@H]4[C@H](O)C[C@]5(C)[C@@H](C6=CC(=O)OC6)CC[C@]5(O)[C@@H]4CC[C@]3(O)C2)C(O)[C@H](O)[C@H]1O. The summed E-state index contributed by atoms with van der Waals surface area (Å²) >= 11 is 0. The van der Waals surface area contributed by atoms with Crippen LogP contribution in [0.3, 0.4) is 0 Å². The number of aliphatic hydroxyl groups is 8. The lowest BCUT2D eigenvalue weighted by Crippen LogP contribution is -2.76. The minimum Gasteiger partial charge on any atom is -0.458 e. The topological polar surface area (TPSA) is 207 Å². The Morgan fingerprint density at radius 2 is 1.76 bits per heavy atom. The monoisotopic (exact) mass is 584 g/mol. The first kappa shape index (κ1) is 29.9. The van der Waals surface area contributed by atoms with Crippen LogP contribution in [0.1, 0.15) is 58.8 Å². The van der Waals surface area contributed by atoms with Gasteiger partial charge in [-0.05, 0) is 56.4 Å². The van der Waals surface area contributed by atoms with Crippen molar-refractivity contribution in [1.82, 2.24) is 0 Å². The summed E-state index contributed by atoms with van der Waals surface area (Å²) < 4.78 is 16.7. The third-order valence-electron chi connectivity index (χ3n) is 12.2. The lowest BCUT2D eigenvalue weighted by Gasteiger charge is -2.68. The van der Waals surface area contributed by atoms with E-state index >= 15 is 0 Å². The second-order valence-electron chi connectivity index (χ2n) is 13.8. The molecule has 0 amide bonds. The first-order valence-corrected chi connectivity index (χ1v) is 14.9. The second-order valence-corrected chi connectivity index (χ2v) is 13.8. The fourth-order valence-corrected chi connectivity index (χ4v) is 10.1. The third-order valence-corrected chi connectivity index (χ3v) is 12.2. The average Bonchev–Trinajstić information content (AvgIpc) is 3.45. The van der Waals surface area contributed by atoms with Crippen molar-refractivity contribution >= 4 is 5.97 Å². The number of rotatable bonds is 4. The quantitative estimate of drug-likeness (QED) is 0.140. The van der Waals surface area contributed by atoms with Crippen LogP contribution in [0.5, 0.6) is 0 Å². The molecule has 4 saturated carbocycles. The maximum absolute atomic E-state index is 12.4. The number of fused-ring (bicyclic) bond motifs is 5. The van der Waals surface area contributed by atoms with E-state index in [0.717, 1.165) is 5.57 Å². The van der Waals surface area contributed by atoms with E-state index in [-0.39, 0.29) is 38.2 Å². The van der Waals surface area contributed by atoms with Gasteiger partial charge in [-0.15, -0.1) is 0 Å². The lowest BCUT2D eigenvalue weighted by atomic mass is 9.40. The van der Waals surface area contributed by atoms with E-state index in [9.17, 15) is 45.6 Å². The van der Waals surface area contributed by atoms with E-state index in [4.69, 9.17) is 14.2 Å². The molecule has 15 atom stereocenters. The fourth-order valence-electron chi connectivity index (χ4n) is 10.1. The van der Waals surface area contributed by atoms with Crippen LogP contribution in [0.25, 0.3) is 0 Å². The summed E-state index contributed by atoms with van der Waals surface area (Å²) in [4.78, 5) is 11.8. The number of esters is 1. The lowest BCUT2D eigenvalue weighted by molar-refractivity contribution is -0.342. The summed E-state index contributed by atoms with van der Waals surface area (Å²) in [5.74, 6) is -1.93. The maximum atomic E-state index is 12.4. The molecule has 232 valence electrons. The molecule has 1 unspecified atom stereocenters. The number of carbonyl (C=O) groups is 1. The summed E-state index contributed by atoms with van der Waals surface area (Å²) in [6.45, 7) is 3.00. The van der Waals surface area contributed by atoms with Crippen molar-refractivity contribution in [2.75, 3.05) is 13.2 Å². The van der Waals surface area contributed by atoms with Gasteiger partial charge in [-0.25, -0.2) is 4.79 Å². The summed E-state index contributed by atoms with van der Waals surface area (Å²) in [5.41, 5.74) is -4.46. The summed E-state index contributed by atoms with van der Waals surface area (Å²) in [6, 6.07) is 0. The zero-order chi connectivity index (χ0) is 29.7. The number of hydrogen-bond donors (Lipinski definition) is 8. The van der Waals surface area contributed by atoms with Crippen molar-refractivity contribution in [3.8, 4) is 0 Å². The van der Waals surface area contributed by atoms with Gasteiger partial charge >= 0.3 is 5.97 Å². The molecule has 1 saturated heterocycles. The van der Waals surface area contributed by atoms with Gasteiger partial charge in [0.15, 0.2) is 6.29 Å². The molecule has 12 heteroatoms. The van der Waals surface area contributed by atoms with Gasteiger partial charge in [0.05, 0.1) is 47.6 Å². The van der Waals surface area contributed by atoms with E-state index in [1.54, 1.807) is 0 Å². The van der Waals surface area contributed by atoms with Gasteiger partial charge in [0.2, 0.25) is 0 Å². The van der Waals surface area contributed by atoms with Crippen molar-refractivity contribution in [2.45, 2.75) is 119 Å². The Morgan fingerprint density at radius 3 is 2.41 bits per heavy atom. The van der Waals surface area contributed by atoms with Gasteiger partial charge in [0, 0.05) is 30.3 Å². The Labute approximate surface area is 238 Å². The number of cyclic esters (lactones) is 1. The zero-order valence-electron chi connectivity index (χ0n) is 23.5. The standard InChI is InChI=1S/C29H44O12/c1-13-22(34)23(35)24(36)25(40-13)41-15-8-19(32)28(12-30)21-17(3-5-27(28,37)9-15)29(38)6-4-16(14-7-20(33)39-11-14)26(29,2)10-18(21)31/h7,13,15-19,21-25,30-32,34-38H,3-6,8-12H2,1-2H3/t13-,15-,16+,17+,18+,19+,21+,22-,23+,24?,25-,26+,27-,28+,29-/m0/s1. The molecular formula is C29H44O12. The largest absolute Gasteiger partial charge is 0.458 e. The van der Waals surface area contributed by atoms with Crippen molar-refractivity contribution in [3.05, 3.63) is 11.6 Å². The van der Waals surface area contributed by atoms with Crippen molar-refractivity contribution in [3.63, 3.8) is 0 Å². The van der Waals surface area contributed by atoms with E-state index in [0.29, 0.717) is 19.3 Å². The third kappa shape index (κ3) is 3.99. The summed E-state index contributed by atoms with van der Waals surface area (Å²) in [6.07, 6.45) is -6.68. The smallest absolute Gasteiger partial charge is 0.331 e. The van der Waals surface area contributed by atoms with E-state index < -0.39 is 95.5 Å². The predicted octanol–water partition coefficient (Wildman–Crippen LogP) is -1.51. The molecule has 0 aromatic carbocycles. The van der Waals surface area contributed by atoms with Crippen LogP contribution in [-0.2, 0) is 19.0 Å². The van der Waals surface area contributed by atoms with Gasteiger partial charge in [-0.2, -0.15) is 0 Å². The molecule has 0 bridgehead atoms. The van der Waals surface area contributed by atoms with Crippen molar-refractivity contribution in [1.29, 1.82) is 0 Å². The van der Waals surface area contributed by atoms with Crippen LogP contribution in [0, 0.1) is 28.6 Å². The Kier molecular flexibility index (Phi) is 7.22. The highest BCUT2D eigenvalue weighted by Gasteiger charge is 2.75. The maximum Gasteiger partial charge on any atom is 0.331 e. The molecule has 12 nitrogen and oxygen atoms in total. The number of carbonyl (C=O) groups excluding carboxylic acids is 1. The van der Waals surface area contributed by atoms with Crippen molar-refractivity contribution in [2.24, 2.45) is 28.6 Å². The van der Waals surface area contributed by atoms with Crippen LogP contribution in [-0.4, -0.2) is 120 Å². The summed E-state index contributed by atoms with van der Waals surface area (Å²) in [7, 11) is 0. The summed E-state index contributed by atoms with van der Waals surface area (Å²) in [5, 5.41) is 89.6. The highest BCUT2D eigenvalue weighted by atomic mass is 16.7. The van der Waals surface area contributed by atoms with Crippen LogP contribution in [0.2, 0.25) is 0 Å². The highest BCUT2D eigenvalue weighted by Crippen LogP contribution is 2.70. The molecule has 41 heavy (non-hydrogen) atoms. The Hall–Kier alpha value is -1.19. The second kappa shape index (κ2) is 9.91. The van der Waals surface area contributed by atoms with Crippen molar-refractivity contribution < 1.29 is 59.9 Å². The molecule has 0 aromatic heterocycles. The molecule has 5 fully saturated rings. The van der Waals surface area contributed by atoms with E-state index in [2.05, 4.69) is 0 Å². The zero-order valence-corrected chi connectivity index (χ0v) is 23.5. The number of hydrogen-bond acceptors (Lipinski definition) is 12. The normalized spacial score (nSPS) is 56.9. The molecule has 6 aliphatic rings. The molecule has 4 aliphatic carbocycles. The van der Waals surface area contributed by atoms with Gasteiger partial charge in [-0.3, -0.25) is 0 Å². The molecule has 0 radical (unpaired) electrons. The minimum absolute atomic E-state index is 0.0369. The number of ether oxygens (including phenoxy) is 3. The fraction of sp³-hybridized carbons (Fsp3) is 0.897. The van der Waals surface area contributed by atoms with Gasteiger partial charge in [-0.1, -0.05) is 6.92 Å². The predicted molar refractivity (Wildman–Crippen MR) is 139 cm³/mol. The molecule has 8 N–H and O–H groups in total. The van der Waals surface area contributed by atoms with E-state index in [1.165, 1.54) is 13.0 Å². The number of aliphatic hydroxyl groups excluding tert-OH is 6. The van der Waals surface area contributed by atoms with Gasteiger partial charge in [0.1, 0.15) is 24.9 Å². The molecular weight excluding hydrogens is 540 g/mol. The highest BCUT2D eigenvalue weighted by molar-refractivity contribution is 5.85. The van der Waals surface area contributed by atoms with Crippen LogP contribution in [0.15, 0.2) is 11.6 Å². The molecule has 6 rings (SSSR count). The van der Waals surface area contributed by atoms with Crippen LogP contribution < -0.4 is 0 Å². The van der Waals surface area contributed by atoms with Crippen LogP contribution >= 0.6 is 0 Å². The van der Waals surface area contributed by atoms with Gasteiger partial charge < -0.3 is 55.1 Å². The molecule has 2 heterocycles. The van der Waals surface area contributed by atoms with Crippen LogP contribution in [0.4, 0.5) is 0 Å². The first-order chi connectivity index (χ1) is 19.2. The Bertz CT molecular complexity index is 1080. The molecule has 2 aliphatic heterocycles.